The minimum absolute atomic E-state index is 0.640. The summed E-state index contributed by atoms with van der Waals surface area (Å²) in [5.74, 6) is 0.333. The molecule has 1 spiro atoms. The Balaban J connectivity index is 1.82. The summed E-state index contributed by atoms with van der Waals surface area (Å²) in [6.45, 7) is 1.94. The van der Waals surface area contributed by atoms with Crippen LogP contribution in [0.15, 0.2) is 30.3 Å². The molecule has 3 nitrogen and oxygen atoms in total. The quantitative estimate of drug-likeness (QED) is 0.732. The van der Waals surface area contributed by atoms with Gasteiger partial charge in [-0.05, 0) is 34.4 Å². The summed E-state index contributed by atoms with van der Waals surface area (Å²) in [4.78, 5) is 0. The fourth-order valence-corrected chi connectivity index (χ4v) is 3.37. The van der Waals surface area contributed by atoms with Gasteiger partial charge in [0.15, 0.2) is 0 Å². The summed E-state index contributed by atoms with van der Waals surface area (Å²) in [6, 6.07) is 8.55. The van der Waals surface area contributed by atoms with E-state index in [0.29, 0.717) is 19.8 Å². The van der Waals surface area contributed by atoms with Crippen LogP contribution < -0.4 is 15.2 Å². The number of hydrogen-bond acceptors (Lipinski definition) is 3. The van der Waals surface area contributed by atoms with Crippen molar-refractivity contribution in [1.29, 1.82) is 0 Å². The lowest BCUT2D eigenvalue weighted by molar-refractivity contribution is -0.0602. The van der Waals surface area contributed by atoms with E-state index >= 15 is 0 Å². The van der Waals surface area contributed by atoms with Gasteiger partial charge in [0.2, 0.25) is 5.79 Å². The third kappa shape index (κ3) is 1.56. The van der Waals surface area contributed by atoms with Gasteiger partial charge in [-0.15, -0.1) is 0 Å². The summed E-state index contributed by atoms with van der Waals surface area (Å²) in [5, 5.41) is 4.71. The predicted octanol–water partition coefficient (Wildman–Crippen LogP) is 1.56. The minimum atomic E-state index is -0.665. The second-order valence-electron chi connectivity index (χ2n) is 5.56. The van der Waals surface area contributed by atoms with Crippen molar-refractivity contribution in [1.82, 2.24) is 0 Å². The molecule has 2 heterocycles. The van der Waals surface area contributed by atoms with E-state index in [-0.39, 0.29) is 0 Å². The van der Waals surface area contributed by atoms with Crippen LogP contribution in [0.1, 0.15) is 5.56 Å². The summed E-state index contributed by atoms with van der Waals surface area (Å²) in [6.07, 6.45) is 8.29. The van der Waals surface area contributed by atoms with Gasteiger partial charge < -0.3 is 14.2 Å². The van der Waals surface area contributed by atoms with E-state index in [1.807, 2.05) is 6.08 Å². The maximum atomic E-state index is 5.76. The van der Waals surface area contributed by atoms with E-state index in [4.69, 9.17) is 14.2 Å². The van der Waals surface area contributed by atoms with E-state index in [9.17, 15) is 0 Å². The summed E-state index contributed by atoms with van der Waals surface area (Å²) < 4.78 is 17.2. The largest absolute Gasteiger partial charge is 0.488 e. The van der Waals surface area contributed by atoms with Gasteiger partial charge in [0, 0.05) is 10.6 Å². The van der Waals surface area contributed by atoms with Gasteiger partial charge >= 0.3 is 0 Å². The zero-order chi connectivity index (χ0) is 13.9. The maximum Gasteiger partial charge on any atom is 0.209 e. The van der Waals surface area contributed by atoms with Crippen LogP contribution in [0.3, 0.4) is 0 Å². The SMILES string of the molecule is C1=CC2(C=c3ccc4c5c(ccc4c31)=CCO5)OCCO2. The molecule has 0 amide bonds. The summed E-state index contributed by atoms with van der Waals surface area (Å²) in [7, 11) is 0. The Morgan fingerprint density at radius 1 is 0.905 bits per heavy atom. The molecule has 1 aliphatic carbocycles. The molecule has 0 saturated carbocycles. The van der Waals surface area contributed by atoms with Crippen molar-refractivity contribution in [2.75, 3.05) is 19.8 Å². The lowest BCUT2D eigenvalue weighted by atomic mass is 9.95. The van der Waals surface area contributed by atoms with Gasteiger partial charge in [0.05, 0.1) is 13.2 Å². The number of rotatable bonds is 0. The van der Waals surface area contributed by atoms with Crippen molar-refractivity contribution in [3.8, 4) is 5.75 Å². The molecule has 0 bridgehead atoms. The Labute approximate surface area is 121 Å². The molecule has 21 heavy (non-hydrogen) atoms. The molecule has 0 N–H and O–H groups in total. The number of benzene rings is 2. The van der Waals surface area contributed by atoms with E-state index in [0.717, 1.165) is 11.0 Å². The van der Waals surface area contributed by atoms with E-state index in [1.165, 1.54) is 21.6 Å². The van der Waals surface area contributed by atoms with Crippen LogP contribution in [0.5, 0.6) is 5.75 Å². The molecular formula is C18H14O3. The topological polar surface area (TPSA) is 27.7 Å². The first-order valence-electron chi connectivity index (χ1n) is 7.23. The lowest BCUT2D eigenvalue weighted by Crippen LogP contribution is -2.30. The highest BCUT2D eigenvalue weighted by atomic mass is 16.7. The third-order valence-electron chi connectivity index (χ3n) is 4.37. The molecule has 1 fully saturated rings. The van der Waals surface area contributed by atoms with Crippen molar-refractivity contribution < 1.29 is 14.2 Å². The molecular weight excluding hydrogens is 264 g/mol. The predicted molar refractivity (Wildman–Crippen MR) is 81.3 cm³/mol. The van der Waals surface area contributed by atoms with Gasteiger partial charge in [-0.3, -0.25) is 0 Å². The Bertz CT molecular complexity index is 902. The van der Waals surface area contributed by atoms with Gasteiger partial charge in [0.1, 0.15) is 12.4 Å². The average molecular weight is 278 g/mol. The van der Waals surface area contributed by atoms with E-state index in [2.05, 4.69) is 42.5 Å². The number of ether oxygens (including phenoxy) is 3. The number of hydrogen-bond donors (Lipinski definition) is 0. The second-order valence-corrected chi connectivity index (χ2v) is 5.56. The first-order chi connectivity index (χ1) is 10.3. The van der Waals surface area contributed by atoms with Crippen LogP contribution in [0.4, 0.5) is 0 Å². The van der Waals surface area contributed by atoms with Crippen LogP contribution in [-0.2, 0) is 9.47 Å². The van der Waals surface area contributed by atoms with E-state index in [1.54, 1.807) is 0 Å². The average Bonchev–Trinajstić information content (AvgIpc) is 3.16. The van der Waals surface area contributed by atoms with E-state index < -0.39 is 5.79 Å². The highest BCUT2D eigenvalue weighted by Gasteiger charge is 2.33. The third-order valence-corrected chi connectivity index (χ3v) is 4.37. The molecule has 0 unspecified atom stereocenters. The smallest absolute Gasteiger partial charge is 0.209 e. The fraction of sp³-hybridized carbons (Fsp3) is 0.222. The minimum Gasteiger partial charge on any atom is -0.488 e. The molecule has 0 atom stereocenters. The van der Waals surface area contributed by atoms with Crippen molar-refractivity contribution >= 4 is 29.0 Å². The molecule has 2 aromatic rings. The molecule has 104 valence electrons. The molecule has 0 aromatic heterocycles. The summed E-state index contributed by atoms with van der Waals surface area (Å²) in [5.41, 5.74) is 1.20. The first-order valence-corrected chi connectivity index (χ1v) is 7.23. The maximum absolute atomic E-state index is 5.76. The lowest BCUT2D eigenvalue weighted by Gasteiger charge is -2.23. The second kappa shape index (κ2) is 3.97. The highest BCUT2D eigenvalue weighted by Crippen LogP contribution is 2.30. The highest BCUT2D eigenvalue weighted by molar-refractivity contribution is 5.96. The Morgan fingerprint density at radius 2 is 1.71 bits per heavy atom. The van der Waals surface area contributed by atoms with Crippen LogP contribution in [0, 0.1) is 0 Å². The van der Waals surface area contributed by atoms with Crippen LogP contribution in [0.25, 0.3) is 29.0 Å². The molecule has 5 rings (SSSR count). The standard InChI is InChI=1S/C18H14O3/c1-3-15-14-5-7-18(20-9-10-21-18)11-13(14)2-4-16(15)17-12(1)6-8-19-17/h1-7,11H,8-10H2. The Kier molecular flexibility index (Phi) is 2.18. The van der Waals surface area contributed by atoms with Crippen LogP contribution >= 0.6 is 0 Å². The van der Waals surface area contributed by atoms with Gasteiger partial charge in [0.25, 0.3) is 0 Å². The zero-order valence-corrected chi connectivity index (χ0v) is 11.5. The molecule has 2 aliphatic heterocycles. The molecule has 1 saturated heterocycles. The monoisotopic (exact) mass is 278 g/mol. The molecule has 0 radical (unpaired) electrons. The van der Waals surface area contributed by atoms with Crippen LogP contribution in [-0.4, -0.2) is 25.6 Å². The molecule has 3 heteroatoms. The van der Waals surface area contributed by atoms with Crippen LogP contribution in [0.2, 0.25) is 0 Å². The van der Waals surface area contributed by atoms with Crippen molar-refractivity contribution in [3.63, 3.8) is 0 Å². The Hall–Kier alpha value is -2.10. The van der Waals surface area contributed by atoms with Gasteiger partial charge in [-0.25, -0.2) is 0 Å². The van der Waals surface area contributed by atoms with Gasteiger partial charge in [-0.1, -0.05) is 30.3 Å². The van der Waals surface area contributed by atoms with Crippen molar-refractivity contribution in [2.45, 2.75) is 5.79 Å². The van der Waals surface area contributed by atoms with Crippen molar-refractivity contribution in [3.05, 3.63) is 46.3 Å². The Morgan fingerprint density at radius 3 is 2.62 bits per heavy atom. The molecule has 2 aromatic carbocycles. The summed E-state index contributed by atoms with van der Waals surface area (Å²) >= 11 is 0. The fourth-order valence-electron chi connectivity index (χ4n) is 3.37. The van der Waals surface area contributed by atoms with Gasteiger partial charge in [-0.2, -0.15) is 0 Å². The zero-order valence-electron chi connectivity index (χ0n) is 11.5. The molecule has 3 aliphatic rings. The number of fused-ring (bicyclic) bond motifs is 5. The first kappa shape index (κ1) is 11.5. The van der Waals surface area contributed by atoms with Crippen molar-refractivity contribution in [2.24, 2.45) is 0 Å². The normalized spacial score (nSPS) is 20.8.